The van der Waals surface area contributed by atoms with E-state index < -0.39 is 0 Å². The molecule has 4 nitrogen and oxygen atoms in total. The first-order valence-electron chi connectivity index (χ1n) is 12.8. The number of nitrogens with zero attached hydrogens (tertiary/aromatic N) is 2. The van der Waals surface area contributed by atoms with Crippen molar-refractivity contribution in [1.82, 2.24) is 9.80 Å². The van der Waals surface area contributed by atoms with E-state index in [1.807, 2.05) is 12.1 Å². The lowest BCUT2D eigenvalue weighted by atomic mass is 9.88. The first-order chi connectivity index (χ1) is 16.7. The van der Waals surface area contributed by atoms with Crippen molar-refractivity contribution in [2.75, 3.05) is 32.8 Å². The first kappa shape index (κ1) is 22.9. The Balaban J connectivity index is 1.26. The molecule has 1 atom stereocenters. The highest BCUT2D eigenvalue weighted by atomic mass is 16.5. The van der Waals surface area contributed by atoms with E-state index in [0.29, 0.717) is 5.75 Å². The van der Waals surface area contributed by atoms with E-state index in [0.717, 1.165) is 44.8 Å². The monoisotopic (exact) mass is 456 g/mol. The highest BCUT2D eigenvalue weighted by Gasteiger charge is 2.28. The van der Waals surface area contributed by atoms with Gasteiger partial charge in [-0.1, -0.05) is 55.0 Å². The zero-order chi connectivity index (χ0) is 23.2. The Morgan fingerprint density at radius 2 is 1.62 bits per heavy atom. The van der Waals surface area contributed by atoms with E-state index in [9.17, 15) is 5.11 Å². The molecule has 2 aliphatic heterocycles. The minimum absolute atomic E-state index is 0.287. The van der Waals surface area contributed by atoms with E-state index in [-0.39, 0.29) is 6.04 Å². The molecule has 0 aromatic heterocycles. The van der Waals surface area contributed by atoms with Crippen molar-refractivity contribution in [3.8, 4) is 11.5 Å². The van der Waals surface area contributed by atoms with Gasteiger partial charge in [-0.05, 0) is 85.3 Å². The summed E-state index contributed by atoms with van der Waals surface area (Å²) in [5.41, 5.74) is 5.26. The molecule has 1 saturated heterocycles. The second-order valence-electron chi connectivity index (χ2n) is 9.70. The van der Waals surface area contributed by atoms with Crippen molar-refractivity contribution < 1.29 is 9.84 Å². The smallest absolute Gasteiger partial charge is 0.119 e. The van der Waals surface area contributed by atoms with E-state index in [2.05, 4.69) is 70.5 Å². The lowest BCUT2D eigenvalue weighted by Crippen LogP contribution is -2.36. The Labute approximate surface area is 203 Å². The largest absolute Gasteiger partial charge is 0.508 e. The molecule has 1 fully saturated rings. The quantitative estimate of drug-likeness (QED) is 0.479. The van der Waals surface area contributed by atoms with Gasteiger partial charge in [-0.25, -0.2) is 0 Å². The van der Waals surface area contributed by atoms with Crippen molar-refractivity contribution in [2.24, 2.45) is 0 Å². The lowest BCUT2D eigenvalue weighted by Gasteiger charge is -2.38. The van der Waals surface area contributed by atoms with Crippen LogP contribution in [-0.2, 0) is 19.4 Å². The molecule has 5 rings (SSSR count). The van der Waals surface area contributed by atoms with Gasteiger partial charge in [0.05, 0.1) is 0 Å². The molecule has 1 N–H and O–H groups in total. The fraction of sp³-hybridized carbons (Fsp3) is 0.400. The molecule has 1 unspecified atom stereocenters. The van der Waals surface area contributed by atoms with Crippen molar-refractivity contribution >= 4 is 0 Å². The minimum atomic E-state index is 0.287. The first-order valence-corrected chi connectivity index (χ1v) is 12.8. The molecular formula is C30H36N2O2. The molecule has 0 radical (unpaired) electrons. The maximum Gasteiger partial charge on any atom is 0.119 e. The SMILES string of the molecule is Oc1ccc2c(c1)CCN(Cc1ccccc1)C2Cc1ccc(OCCN2CCCCC2)cc1. The standard InChI is InChI=1S/C30H36N2O2/c33-27-11-14-29-26(22-27)15-18-32(23-25-7-3-1-4-8-25)30(29)21-24-9-12-28(13-10-24)34-20-19-31-16-5-2-6-17-31/h1,3-4,7-14,22,30,33H,2,5-6,15-21,23H2. The molecule has 2 heterocycles. The maximum atomic E-state index is 10.0. The molecule has 0 amide bonds. The van der Waals surface area contributed by atoms with Crippen LogP contribution in [0.4, 0.5) is 0 Å². The van der Waals surface area contributed by atoms with Crippen LogP contribution in [0.3, 0.4) is 0 Å². The third-order valence-electron chi connectivity index (χ3n) is 7.30. The number of rotatable bonds is 8. The fourth-order valence-corrected chi connectivity index (χ4v) is 5.42. The summed E-state index contributed by atoms with van der Waals surface area (Å²) in [6, 6.07) is 25.6. The summed E-state index contributed by atoms with van der Waals surface area (Å²) in [4.78, 5) is 5.09. The Morgan fingerprint density at radius 3 is 2.41 bits per heavy atom. The molecule has 0 spiro atoms. The number of piperidine rings is 1. The van der Waals surface area contributed by atoms with Gasteiger partial charge in [-0.2, -0.15) is 0 Å². The van der Waals surface area contributed by atoms with Gasteiger partial charge in [-0.3, -0.25) is 9.80 Å². The van der Waals surface area contributed by atoms with Gasteiger partial charge in [0.1, 0.15) is 18.1 Å². The summed E-state index contributed by atoms with van der Waals surface area (Å²) in [5, 5.41) is 10.0. The van der Waals surface area contributed by atoms with E-state index in [4.69, 9.17) is 4.74 Å². The zero-order valence-corrected chi connectivity index (χ0v) is 20.0. The van der Waals surface area contributed by atoms with E-state index in [1.54, 1.807) is 0 Å². The van der Waals surface area contributed by atoms with E-state index >= 15 is 0 Å². The lowest BCUT2D eigenvalue weighted by molar-refractivity contribution is 0.174. The highest BCUT2D eigenvalue weighted by Crippen LogP contribution is 2.35. The van der Waals surface area contributed by atoms with Crippen LogP contribution < -0.4 is 4.74 Å². The Morgan fingerprint density at radius 1 is 0.824 bits per heavy atom. The molecule has 3 aromatic carbocycles. The van der Waals surface area contributed by atoms with Gasteiger partial charge >= 0.3 is 0 Å². The van der Waals surface area contributed by atoms with Crippen LogP contribution in [0.1, 0.15) is 47.6 Å². The summed E-state index contributed by atoms with van der Waals surface area (Å²) in [6.45, 7) is 6.12. The van der Waals surface area contributed by atoms with Crippen molar-refractivity contribution in [2.45, 2.75) is 44.7 Å². The van der Waals surface area contributed by atoms with Gasteiger partial charge in [0.2, 0.25) is 0 Å². The fourth-order valence-electron chi connectivity index (χ4n) is 5.42. The van der Waals surface area contributed by atoms with Crippen LogP contribution in [0.15, 0.2) is 72.8 Å². The number of ether oxygens (including phenoxy) is 1. The normalized spacial score (nSPS) is 19.0. The number of phenols is 1. The van der Waals surface area contributed by atoms with Gasteiger partial charge in [0, 0.05) is 25.7 Å². The second kappa shape index (κ2) is 11.1. The summed E-state index contributed by atoms with van der Waals surface area (Å²) in [5.74, 6) is 1.32. The third-order valence-corrected chi connectivity index (χ3v) is 7.30. The topological polar surface area (TPSA) is 35.9 Å². The van der Waals surface area contributed by atoms with E-state index in [1.165, 1.54) is 54.6 Å². The predicted octanol–water partition coefficient (Wildman–Crippen LogP) is 5.60. The maximum absolute atomic E-state index is 10.0. The molecule has 0 bridgehead atoms. The number of hydrogen-bond acceptors (Lipinski definition) is 4. The number of phenolic OH excluding ortho intramolecular Hbond substituents is 1. The van der Waals surface area contributed by atoms with Crippen LogP contribution in [-0.4, -0.2) is 47.7 Å². The minimum Gasteiger partial charge on any atom is -0.508 e. The highest BCUT2D eigenvalue weighted by molar-refractivity contribution is 5.40. The molecule has 178 valence electrons. The number of fused-ring (bicyclic) bond motifs is 1. The predicted molar refractivity (Wildman–Crippen MR) is 137 cm³/mol. The van der Waals surface area contributed by atoms with Crippen LogP contribution in [0.5, 0.6) is 11.5 Å². The average Bonchev–Trinajstić information content (AvgIpc) is 2.87. The number of hydrogen-bond donors (Lipinski definition) is 1. The van der Waals surface area contributed by atoms with Crippen molar-refractivity contribution in [1.29, 1.82) is 0 Å². The van der Waals surface area contributed by atoms with Gasteiger partial charge in [0.15, 0.2) is 0 Å². The average molecular weight is 457 g/mol. The van der Waals surface area contributed by atoms with Crippen LogP contribution in [0.25, 0.3) is 0 Å². The summed E-state index contributed by atoms with van der Waals surface area (Å²) in [6.07, 6.45) is 5.92. The van der Waals surface area contributed by atoms with Crippen molar-refractivity contribution in [3.63, 3.8) is 0 Å². The van der Waals surface area contributed by atoms with Gasteiger partial charge < -0.3 is 9.84 Å². The van der Waals surface area contributed by atoms with Crippen LogP contribution >= 0.6 is 0 Å². The summed E-state index contributed by atoms with van der Waals surface area (Å²) >= 11 is 0. The molecule has 4 heteroatoms. The Hall–Kier alpha value is -2.82. The third kappa shape index (κ3) is 5.81. The molecule has 0 aliphatic carbocycles. The number of aromatic hydroxyl groups is 1. The number of likely N-dealkylation sites (tertiary alicyclic amines) is 1. The molecule has 0 saturated carbocycles. The van der Waals surface area contributed by atoms with Crippen LogP contribution in [0.2, 0.25) is 0 Å². The zero-order valence-electron chi connectivity index (χ0n) is 20.0. The van der Waals surface area contributed by atoms with Crippen LogP contribution in [0, 0.1) is 0 Å². The molecule has 2 aliphatic rings. The Kier molecular flexibility index (Phi) is 7.47. The molecular weight excluding hydrogens is 420 g/mol. The number of benzene rings is 3. The van der Waals surface area contributed by atoms with Gasteiger partial charge in [-0.15, -0.1) is 0 Å². The Bertz CT molecular complexity index is 1050. The summed E-state index contributed by atoms with van der Waals surface area (Å²) in [7, 11) is 0. The molecule has 3 aromatic rings. The molecule has 34 heavy (non-hydrogen) atoms. The summed E-state index contributed by atoms with van der Waals surface area (Å²) < 4.78 is 6.04. The van der Waals surface area contributed by atoms with Gasteiger partial charge in [0.25, 0.3) is 0 Å². The second-order valence-corrected chi connectivity index (χ2v) is 9.70. The van der Waals surface area contributed by atoms with Crippen molar-refractivity contribution in [3.05, 3.63) is 95.1 Å².